The number of rotatable bonds is 6. The van der Waals surface area contributed by atoms with Gasteiger partial charge < -0.3 is 10.3 Å². The van der Waals surface area contributed by atoms with E-state index in [0.717, 1.165) is 40.6 Å². The number of nitrogens with two attached hydrogens (primary N) is 1. The van der Waals surface area contributed by atoms with Gasteiger partial charge in [0.2, 0.25) is 5.91 Å². The fourth-order valence-corrected chi connectivity index (χ4v) is 4.63. The summed E-state index contributed by atoms with van der Waals surface area (Å²) in [4.78, 5) is 15.9. The van der Waals surface area contributed by atoms with Crippen molar-refractivity contribution in [1.82, 2.24) is 14.1 Å². The normalized spacial score (nSPS) is 11.1. The molecular formula is C23H24N4OS. The minimum absolute atomic E-state index is 0.403. The molecule has 1 amide bonds. The standard InChI is InChI=1S/C23H24N4OS/c1-4-5-19-7-9-21(18-13-22(29-14-18)26-11-10-25-16(26)3)27(19)20-8-6-17(23(24)28)12-15(20)2/h6-14H,4-5H2,1-3H3,(H2,24,28). The van der Waals surface area contributed by atoms with Crippen LogP contribution in [0.1, 0.15) is 40.8 Å². The molecule has 2 N–H and O–H groups in total. The molecule has 4 rings (SSSR count). The van der Waals surface area contributed by atoms with E-state index in [1.165, 1.54) is 11.3 Å². The van der Waals surface area contributed by atoms with Gasteiger partial charge in [-0.15, -0.1) is 11.3 Å². The van der Waals surface area contributed by atoms with Gasteiger partial charge in [-0.3, -0.25) is 9.36 Å². The molecule has 1 aromatic carbocycles. The molecule has 29 heavy (non-hydrogen) atoms. The number of hydrogen-bond acceptors (Lipinski definition) is 3. The van der Waals surface area contributed by atoms with Crippen LogP contribution in [0.5, 0.6) is 0 Å². The molecular weight excluding hydrogens is 380 g/mol. The molecule has 0 radical (unpaired) electrons. The average molecular weight is 405 g/mol. The van der Waals surface area contributed by atoms with Crippen molar-refractivity contribution in [3.05, 3.63) is 76.8 Å². The van der Waals surface area contributed by atoms with E-state index in [1.807, 2.05) is 38.4 Å². The Morgan fingerprint density at radius 2 is 2.00 bits per heavy atom. The Hall–Kier alpha value is -3.12. The van der Waals surface area contributed by atoms with E-state index in [0.29, 0.717) is 5.56 Å². The summed E-state index contributed by atoms with van der Waals surface area (Å²) in [7, 11) is 0. The molecule has 5 nitrogen and oxygen atoms in total. The highest BCUT2D eigenvalue weighted by Gasteiger charge is 2.16. The maximum absolute atomic E-state index is 11.6. The lowest BCUT2D eigenvalue weighted by molar-refractivity contribution is 0.1000. The first-order valence-electron chi connectivity index (χ1n) is 9.70. The van der Waals surface area contributed by atoms with Crippen molar-refractivity contribution in [2.75, 3.05) is 0 Å². The van der Waals surface area contributed by atoms with Gasteiger partial charge in [0.15, 0.2) is 0 Å². The van der Waals surface area contributed by atoms with Crippen LogP contribution in [0.4, 0.5) is 0 Å². The summed E-state index contributed by atoms with van der Waals surface area (Å²) in [6.07, 6.45) is 5.85. The first-order valence-corrected chi connectivity index (χ1v) is 10.6. The van der Waals surface area contributed by atoms with Crippen LogP contribution in [0, 0.1) is 13.8 Å². The molecule has 0 aliphatic carbocycles. The van der Waals surface area contributed by atoms with Crippen LogP contribution in [0.15, 0.2) is 54.2 Å². The number of carbonyl (C=O) groups excluding carboxylic acids is 1. The summed E-state index contributed by atoms with van der Waals surface area (Å²) < 4.78 is 4.40. The largest absolute Gasteiger partial charge is 0.366 e. The molecule has 0 bridgehead atoms. The van der Waals surface area contributed by atoms with Crippen LogP contribution in [-0.2, 0) is 6.42 Å². The van der Waals surface area contributed by atoms with Gasteiger partial charge in [0.25, 0.3) is 0 Å². The van der Waals surface area contributed by atoms with Gasteiger partial charge in [0.05, 0.1) is 5.69 Å². The van der Waals surface area contributed by atoms with Gasteiger partial charge in [0.1, 0.15) is 10.8 Å². The van der Waals surface area contributed by atoms with Gasteiger partial charge in [-0.2, -0.15) is 0 Å². The van der Waals surface area contributed by atoms with Crippen molar-refractivity contribution in [3.8, 4) is 21.9 Å². The number of imidazole rings is 1. The summed E-state index contributed by atoms with van der Waals surface area (Å²) in [5.41, 5.74) is 11.7. The fourth-order valence-electron chi connectivity index (χ4n) is 3.70. The molecule has 0 unspecified atom stereocenters. The highest BCUT2D eigenvalue weighted by Crippen LogP contribution is 2.33. The number of hydrogen-bond donors (Lipinski definition) is 1. The zero-order valence-electron chi connectivity index (χ0n) is 16.8. The van der Waals surface area contributed by atoms with E-state index in [1.54, 1.807) is 17.4 Å². The third kappa shape index (κ3) is 3.51. The zero-order chi connectivity index (χ0) is 20.5. The highest BCUT2D eigenvalue weighted by atomic mass is 32.1. The van der Waals surface area contributed by atoms with Crippen LogP contribution in [0.25, 0.3) is 21.9 Å². The molecule has 0 aliphatic heterocycles. The number of carbonyl (C=O) groups is 1. The lowest BCUT2D eigenvalue weighted by Gasteiger charge is -2.16. The molecule has 3 heterocycles. The van der Waals surface area contributed by atoms with E-state index in [9.17, 15) is 4.79 Å². The van der Waals surface area contributed by atoms with E-state index in [-0.39, 0.29) is 0 Å². The summed E-state index contributed by atoms with van der Waals surface area (Å²) >= 11 is 1.70. The zero-order valence-corrected chi connectivity index (χ0v) is 17.7. The molecule has 6 heteroatoms. The van der Waals surface area contributed by atoms with Gasteiger partial charge in [-0.25, -0.2) is 4.98 Å². The van der Waals surface area contributed by atoms with Crippen LogP contribution >= 0.6 is 11.3 Å². The summed E-state index contributed by atoms with van der Waals surface area (Å²) in [6.45, 7) is 6.21. The van der Waals surface area contributed by atoms with Crippen LogP contribution in [0.3, 0.4) is 0 Å². The molecule has 0 atom stereocenters. The lowest BCUT2D eigenvalue weighted by Crippen LogP contribution is -2.12. The molecule has 0 spiro atoms. The Balaban J connectivity index is 1.84. The van der Waals surface area contributed by atoms with E-state index in [2.05, 4.69) is 44.6 Å². The third-order valence-corrected chi connectivity index (χ3v) is 6.06. The predicted molar refractivity (Wildman–Crippen MR) is 118 cm³/mol. The van der Waals surface area contributed by atoms with Crippen LogP contribution in [-0.4, -0.2) is 20.0 Å². The topological polar surface area (TPSA) is 65.8 Å². The molecule has 148 valence electrons. The number of amides is 1. The number of benzene rings is 1. The van der Waals surface area contributed by atoms with Crippen molar-refractivity contribution < 1.29 is 4.79 Å². The molecule has 3 aromatic heterocycles. The average Bonchev–Trinajstić information content (AvgIpc) is 3.41. The van der Waals surface area contributed by atoms with E-state index < -0.39 is 5.91 Å². The number of primary amides is 1. The Bertz CT molecular complexity index is 1180. The minimum Gasteiger partial charge on any atom is -0.366 e. The first kappa shape index (κ1) is 19.2. The second kappa shape index (κ2) is 7.72. The van der Waals surface area contributed by atoms with Crippen molar-refractivity contribution in [3.63, 3.8) is 0 Å². The van der Waals surface area contributed by atoms with Crippen molar-refractivity contribution >= 4 is 17.2 Å². The molecule has 0 saturated carbocycles. The predicted octanol–water partition coefficient (Wildman–Crippen LogP) is 5.06. The third-order valence-electron chi connectivity index (χ3n) is 5.13. The quantitative estimate of drug-likeness (QED) is 0.488. The Morgan fingerprint density at radius 1 is 1.17 bits per heavy atom. The Morgan fingerprint density at radius 3 is 2.66 bits per heavy atom. The molecule has 0 aliphatic rings. The summed E-state index contributed by atoms with van der Waals surface area (Å²) in [6, 6.07) is 12.2. The maximum Gasteiger partial charge on any atom is 0.248 e. The number of thiophene rings is 1. The Kier molecular flexibility index (Phi) is 5.11. The number of aryl methyl sites for hydroxylation is 3. The van der Waals surface area contributed by atoms with E-state index >= 15 is 0 Å². The van der Waals surface area contributed by atoms with Crippen LogP contribution in [0.2, 0.25) is 0 Å². The second-order valence-electron chi connectivity index (χ2n) is 7.18. The van der Waals surface area contributed by atoms with Gasteiger partial charge >= 0.3 is 0 Å². The highest BCUT2D eigenvalue weighted by molar-refractivity contribution is 7.13. The Labute approximate surface area is 174 Å². The lowest BCUT2D eigenvalue weighted by atomic mass is 10.1. The van der Waals surface area contributed by atoms with E-state index in [4.69, 9.17) is 5.73 Å². The van der Waals surface area contributed by atoms with Gasteiger partial charge in [-0.1, -0.05) is 13.3 Å². The summed E-state index contributed by atoms with van der Waals surface area (Å²) in [5, 5.41) is 3.32. The fraction of sp³-hybridized carbons (Fsp3) is 0.217. The van der Waals surface area contributed by atoms with Gasteiger partial charge in [-0.05, 0) is 62.2 Å². The number of aromatic nitrogens is 3. The summed E-state index contributed by atoms with van der Waals surface area (Å²) in [5.74, 6) is 0.567. The van der Waals surface area contributed by atoms with Crippen molar-refractivity contribution in [2.24, 2.45) is 5.73 Å². The maximum atomic E-state index is 11.6. The SMILES string of the molecule is CCCc1ccc(-c2csc(-n3ccnc3C)c2)n1-c1ccc(C(N)=O)cc1C. The van der Waals surface area contributed by atoms with Gasteiger partial charge in [0, 0.05) is 40.3 Å². The minimum atomic E-state index is -0.403. The molecule has 0 saturated heterocycles. The smallest absolute Gasteiger partial charge is 0.248 e. The number of nitrogens with zero attached hydrogens (tertiary/aromatic N) is 3. The second-order valence-corrected chi connectivity index (χ2v) is 8.07. The monoisotopic (exact) mass is 404 g/mol. The van der Waals surface area contributed by atoms with Crippen molar-refractivity contribution in [2.45, 2.75) is 33.6 Å². The molecule has 4 aromatic rings. The van der Waals surface area contributed by atoms with Crippen molar-refractivity contribution in [1.29, 1.82) is 0 Å². The first-order chi connectivity index (χ1) is 14.0. The molecule has 0 fully saturated rings. The van der Waals surface area contributed by atoms with Crippen LogP contribution < -0.4 is 5.73 Å².